The number of fused-ring (bicyclic) bond motifs is 1. The highest BCUT2D eigenvalue weighted by Crippen LogP contribution is 2.42. The Morgan fingerprint density at radius 2 is 2.17 bits per heavy atom. The molecule has 1 saturated heterocycles. The van der Waals surface area contributed by atoms with Gasteiger partial charge in [-0.15, -0.1) is 0 Å². The highest BCUT2D eigenvalue weighted by atomic mass is 16.5. The maximum absolute atomic E-state index is 12.9. The van der Waals surface area contributed by atoms with Crippen molar-refractivity contribution in [3.8, 4) is 0 Å². The van der Waals surface area contributed by atoms with Gasteiger partial charge in [-0.25, -0.2) is 0 Å². The number of carbonyl (C=O) groups excluding carboxylic acids is 1. The van der Waals surface area contributed by atoms with E-state index in [2.05, 4.69) is 4.98 Å². The molecular formula is C17H24N2O4. The zero-order chi connectivity index (χ0) is 16.8. The molecule has 3 rings (SSSR count). The summed E-state index contributed by atoms with van der Waals surface area (Å²) in [6.07, 6.45) is 2.26. The Hall–Kier alpha value is -1.66. The van der Waals surface area contributed by atoms with Crippen molar-refractivity contribution in [3.05, 3.63) is 33.2 Å². The molecule has 2 fully saturated rings. The fraction of sp³-hybridized carbons (Fsp3) is 0.647. The minimum absolute atomic E-state index is 0.167. The highest BCUT2D eigenvalue weighted by Gasteiger charge is 2.52. The number of pyridine rings is 1. The van der Waals surface area contributed by atoms with Crippen molar-refractivity contribution < 1.29 is 14.6 Å². The molecule has 0 aromatic carbocycles. The molecule has 2 aliphatic rings. The largest absolute Gasteiger partial charge is 0.393 e. The summed E-state index contributed by atoms with van der Waals surface area (Å²) in [5.41, 5.74) is 1.08. The van der Waals surface area contributed by atoms with Crippen LogP contribution in [0.5, 0.6) is 0 Å². The Morgan fingerprint density at radius 3 is 2.87 bits per heavy atom. The van der Waals surface area contributed by atoms with E-state index in [0.717, 1.165) is 24.1 Å². The third-order valence-corrected chi connectivity index (χ3v) is 5.55. The second kappa shape index (κ2) is 5.76. The zero-order valence-electron chi connectivity index (χ0n) is 13.9. The number of H-pyrrole nitrogens is 1. The van der Waals surface area contributed by atoms with Crippen LogP contribution in [0, 0.1) is 13.8 Å². The summed E-state index contributed by atoms with van der Waals surface area (Å²) in [6, 6.07) is 1.48. The van der Waals surface area contributed by atoms with Gasteiger partial charge in [0, 0.05) is 19.3 Å². The van der Waals surface area contributed by atoms with Crippen LogP contribution in [0.4, 0.5) is 0 Å². The minimum Gasteiger partial charge on any atom is -0.393 e. The monoisotopic (exact) mass is 320 g/mol. The number of amides is 1. The minimum atomic E-state index is -0.422. The van der Waals surface area contributed by atoms with Crippen LogP contribution >= 0.6 is 0 Å². The molecule has 23 heavy (non-hydrogen) atoms. The number of aromatic amines is 1. The van der Waals surface area contributed by atoms with Gasteiger partial charge in [-0.3, -0.25) is 9.59 Å². The first-order valence-corrected chi connectivity index (χ1v) is 8.12. The summed E-state index contributed by atoms with van der Waals surface area (Å²) in [7, 11) is 1.67. The topological polar surface area (TPSA) is 82.6 Å². The normalized spacial score (nSPS) is 30.3. The van der Waals surface area contributed by atoms with Gasteiger partial charge in [0.15, 0.2) is 0 Å². The lowest BCUT2D eigenvalue weighted by Gasteiger charge is -2.42. The van der Waals surface area contributed by atoms with E-state index in [4.69, 9.17) is 4.74 Å². The molecule has 3 atom stereocenters. The molecule has 1 aromatic rings. The van der Waals surface area contributed by atoms with E-state index in [9.17, 15) is 14.7 Å². The maximum atomic E-state index is 12.9. The molecule has 1 amide bonds. The van der Waals surface area contributed by atoms with Crippen molar-refractivity contribution in [3.63, 3.8) is 0 Å². The Bertz CT molecular complexity index is 684. The van der Waals surface area contributed by atoms with Gasteiger partial charge in [-0.2, -0.15) is 0 Å². The summed E-state index contributed by atoms with van der Waals surface area (Å²) in [5.74, 6) is -0.271. The summed E-state index contributed by atoms with van der Waals surface area (Å²) in [6.45, 7) is 4.24. The van der Waals surface area contributed by atoms with Crippen molar-refractivity contribution in [1.29, 1.82) is 0 Å². The van der Waals surface area contributed by atoms with E-state index in [-0.39, 0.29) is 28.7 Å². The number of aliphatic hydroxyl groups excluding tert-OH is 1. The fourth-order valence-electron chi connectivity index (χ4n) is 3.96. The third kappa shape index (κ3) is 2.60. The molecule has 1 saturated carbocycles. The van der Waals surface area contributed by atoms with Crippen LogP contribution in [0.25, 0.3) is 0 Å². The molecule has 0 bridgehead atoms. The third-order valence-electron chi connectivity index (χ3n) is 5.55. The molecule has 2 heterocycles. The number of aromatic nitrogens is 1. The van der Waals surface area contributed by atoms with Crippen LogP contribution in [0.1, 0.15) is 47.3 Å². The number of methoxy groups -OCH3 is 1. The van der Waals surface area contributed by atoms with Crippen molar-refractivity contribution >= 4 is 5.91 Å². The molecule has 2 N–H and O–H groups in total. The standard InChI is InChI=1S/C17H24N2O4/c1-10-8-13(15(21)18-11(10)2)16(22)19-7-6-17(23-3)5-4-12(20)9-14(17)19/h8,12,14,20H,4-7,9H2,1-3H3,(H,18,21)/t12-,14+,17-/m1/s1. The van der Waals surface area contributed by atoms with E-state index >= 15 is 0 Å². The van der Waals surface area contributed by atoms with Gasteiger partial charge in [0.25, 0.3) is 11.5 Å². The molecule has 6 heteroatoms. The molecule has 1 aromatic heterocycles. The van der Waals surface area contributed by atoms with E-state index in [0.29, 0.717) is 19.4 Å². The van der Waals surface area contributed by atoms with Crippen LogP contribution < -0.4 is 5.56 Å². The first kappa shape index (κ1) is 16.2. The second-order valence-corrected chi connectivity index (χ2v) is 6.78. The predicted molar refractivity (Wildman–Crippen MR) is 85.6 cm³/mol. The van der Waals surface area contributed by atoms with Gasteiger partial charge < -0.3 is 19.7 Å². The smallest absolute Gasteiger partial charge is 0.261 e. The molecule has 126 valence electrons. The quantitative estimate of drug-likeness (QED) is 0.856. The van der Waals surface area contributed by atoms with Gasteiger partial charge in [-0.05, 0) is 51.2 Å². The van der Waals surface area contributed by atoms with Crippen LogP contribution in [0.15, 0.2) is 10.9 Å². The van der Waals surface area contributed by atoms with Crippen molar-refractivity contribution in [2.75, 3.05) is 13.7 Å². The molecule has 1 aliphatic carbocycles. The number of carbonyl (C=O) groups is 1. The SMILES string of the molecule is CO[C@@]12CC[C@@H](O)C[C@@H]1N(C(=O)c1cc(C)c(C)[nH]c1=O)CC2. The average molecular weight is 320 g/mol. The number of ether oxygens (including phenoxy) is 1. The van der Waals surface area contributed by atoms with Crippen LogP contribution in [-0.4, -0.2) is 52.3 Å². The summed E-state index contributed by atoms with van der Waals surface area (Å²) < 4.78 is 5.75. The first-order valence-electron chi connectivity index (χ1n) is 8.12. The lowest BCUT2D eigenvalue weighted by Crippen LogP contribution is -2.53. The zero-order valence-corrected chi connectivity index (χ0v) is 13.9. The molecule has 6 nitrogen and oxygen atoms in total. The van der Waals surface area contributed by atoms with Crippen molar-refractivity contribution in [1.82, 2.24) is 9.88 Å². The van der Waals surface area contributed by atoms with Gasteiger partial charge in [-0.1, -0.05) is 0 Å². The van der Waals surface area contributed by atoms with E-state index in [1.54, 1.807) is 18.1 Å². The first-order chi connectivity index (χ1) is 10.9. The number of nitrogens with one attached hydrogen (secondary N) is 1. The number of rotatable bonds is 2. The Labute approximate surface area is 135 Å². The Morgan fingerprint density at radius 1 is 1.43 bits per heavy atom. The Balaban J connectivity index is 1.94. The fourth-order valence-corrected chi connectivity index (χ4v) is 3.96. The summed E-state index contributed by atoms with van der Waals surface area (Å²) >= 11 is 0. The van der Waals surface area contributed by atoms with Crippen LogP contribution in [-0.2, 0) is 4.74 Å². The maximum Gasteiger partial charge on any atom is 0.261 e. The van der Waals surface area contributed by atoms with Gasteiger partial charge in [0.1, 0.15) is 5.56 Å². The number of hydrogen-bond acceptors (Lipinski definition) is 4. The van der Waals surface area contributed by atoms with E-state index < -0.39 is 6.10 Å². The average Bonchev–Trinajstić information content (AvgIpc) is 2.89. The second-order valence-electron chi connectivity index (χ2n) is 6.78. The number of hydrogen-bond donors (Lipinski definition) is 2. The molecule has 1 aliphatic heterocycles. The lowest BCUT2D eigenvalue weighted by atomic mass is 9.79. The highest BCUT2D eigenvalue weighted by molar-refractivity contribution is 5.94. The van der Waals surface area contributed by atoms with Crippen molar-refractivity contribution in [2.45, 2.75) is 57.3 Å². The predicted octanol–water partition coefficient (Wildman–Crippen LogP) is 1.14. The molecule has 0 unspecified atom stereocenters. The number of aryl methyl sites for hydroxylation is 2. The molecule has 0 radical (unpaired) electrons. The van der Waals surface area contributed by atoms with Crippen LogP contribution in [0.3, 0.4) is 0 Å². The number of aliphatic hydroxyl groups is 1. The number of likely N-dealkylation sites (tertiary alicyclic amines) is 1. The number of nitrogens with zero attached hydrogens (tertiary/aromatic N) is 1. The summed E-state index contributed by atoms with van der Waals surface area (Å²) in [5, 5.41) is 10.0. The molecule has 0 spiro atoms. The van der Waals surface area contributed by atoms with Crippen LogP contribution in [0.2, 0.25) is 0 Å². The van der Waals surface area contributed by atoms with E-state index in [1.807, 2.05) is 13.8 Å². The Kier molecular flexibility index (Phi) is 4.06. The van der Waals surface area contributed by atoms with E-state index in [1.165, 1.54) is 0 Å². The van der Waals surface area contributed by atoms with Gasteiger partial charge in [0.05, 0.1) is 17.7 Å². The lowest BCUT2D eigenvalue weighted by molar-refractivity contribution is -0.0824. The van der Waals surface area contributed by atoms with Crippen molar-refractivity contribution in [2.24, 2.45) is 0 Å². The van der Waals surface area contributed by atoms with Gasteiger partial charge in [0.2, 0.25) is 0 Å². The molecular weight excluding hydrogens is 296 g/mol. The summed E-state index contributed by atoms with van der Waals surface area (Å²) in [4.78, 5) is 29.5. The van der Waals surface area contributed by atoms with Gasteiger partial charge >= 0.3 is 0 Å².